The van der Waals surface area contributed by atoms with Crippen molar-refractivity contribution >= 4 is 39.1 Å². The highest BCUT2D eigenvalue weighted by Gasteiger charge is 2.14. The Labute approximate surface area is 153 Å². The number of amides is 1. The van der Waals surface area contributed by atoms with Gasteiger partial charge in [0.2, 0.25) is 0 Å². The molecule has 0 saturated carbocycles. The molecule has 0 saturated heterocycles. The number of aromatic amines is 1. The van der Waals surface area contributed by atoms with Crippen molar-refractivity contribution in [2.24, 2.45) is 0 Å². The topological polar surface area (TPSA) is 75.3 Å². The molecule has 0 unspecified atom stereocenters. The minimum Gasteiger partial charge on any atom is -0.482 e. The summed E-state index contributed by atoms with van der Waals surface area (Å²) in [4.78, 5) is 32.7. The molecule has 3 aromatic rings. The molecule has 1 N–H and O–H groups in total. The van der Waals surface area contributed by atoms with Crippen molar-refractivity contribution in [2.75, 3.05) is 13.7 Å². The van der Waals surface area contributed by atoms with E-state index in [2.05, 4.69) is 9.97 Å². The second-order valence-corrected chi connectivity index (χ2v) is 6.94. The van der Waals surface area contributed by atoms with Crippen LogP contribution in [0.5, 0.6) is 5.75 Å². The van der Waals surface area contributed by atoms with Crippen molar-refractivity contribution < 1.29 is 9.53 Å². The molecular weight excluding hydrogens is 362 g/mol. The van der Waals surface area contributed by atoms with Crippen molar-refractivity contribution in [2.45, 2.75) is 13.5 Å². The monoisotopic (exact) mass is 377 g/mol. The number of likely N-dealkylation sites (N-methyl/N-ethyl adjacent to an activating group) is 1. The van der Waals surface area contributed by atoms with Crippen molar-refractivity contribution in [1.29, 1.82) is 0 Å². The van der Waals surface area contributed by atoms with E-state index >= 15 is 0 Å². The molecular formula is C17H16ClN3O3S. The lowest BCUT2D eigenvalue weighted by molar-refractivity contribution is -0.132. The van der Waals surface area contributed by atoms with Crippen LogP contribution in [-0.4, -0.2) is 34.4 Å². The highest BCUT2D eigenvalue weighted by Crippen LogP contribution is 2.25. The highest BCUT2D eigenvalue weighted by atomic mass is 35.5. The highest BCUT2D eigenvalue weighted by molar-refractivity contribution is 7.17. The molecule has 2 aromatic heterocycles. The van der Waals surface area contributed by atoms with Crippen LogP contribution < -0.4 is 10.3 Å². The molecule has 6 nitrogen and oxygen atoms in total. The number of aromatic nitrogens is 2. The van der Waals surface area contributed by atoms with E-state index in [1.165, 1.54) is 16.2 Å². The maximum absolute atomic E-state index is 12.3. The van der Waals surface area contributed by atoms with Crippen LogP contribution >= 0.6 is 22.9 Å². The van der Waals surface area contributed by atoms with E-state index in [4.69, 9.17) is 16.3 Å². The Balaban J connectivity index is 1.65. The van der Waals surface area contributed by atoms with Crippen LogP contribution in [0.25, 0.3) is 10.2 Å². The molecule has 0 aliphatic heterocycles. The Morgan fingerprint density at radius 3 is 3.00 bits per heavy atom. The minimum absolute atomic E-state index is 0.148. The van der Waals surface area contributed by atoms with Gasteiger partial charge in [0.1, 0.15) is 16.3 Å². The SMILES string of the molecule is Cc1ccc(Cl)c(OCC(=O)N(C)Cc2nc3ccsc3c(=O)[nH]2)c1. The van der Waals surface area contributed by atoms with Crippen LogP contribution in [-0.2, 0) is 11.3 Å². The fraction of sp³-hybridized carbons (Fsp3) is 0.235. The zero-order valence-corrected chi connectivity index (χ0v) is 15.3. The average molecular weight is 378 g/mol. The number of rotatable bonds is 5. The van der Waals surface area contributed by atoms with Gasteiger partial charge in [0.05, 0.1) is 17.1 Å². The third kappa shape index (κ3) is 4.00. The molecule has 1 aromatic carbocycles. The van der Waals surface area contributed by atoms with Crippen LogP contribution in [0, 0.1) is 6.92 Å². The van der Waals surface area contributed by atoms with Crippen LogP contribution in [0.3, 0.4) is 0 Å². The van der Waals surface area contributed by atoms with Gasteiger partial charge in [0.15, 0.2) is 6.61 Å². The predicted molar refractivity (Wildman–Crippen MR) is 98.4 cm³/mol. The zero-order valence-electron chi connectivity index (χ0n) is 13.7. The van der Waals surface area contributed by atoms with Gasteiger partial charge in [-0.3, -0.25) is 9.59 Å². The predicted octanol–water partition coefficient (Wildman–Crippen LogP) is 2.98. The molecule has 0 fully saturated rings. The molecule has 2 heterocycles. The van der Waals surface area contributed by atoms with Gasteiger partial charge >= 0.3 is 0 Å². The number of ether oxygens (including phenoxy) is 1. The summed E-state index contributed by atoms with van der Waals surface area (Å²) in [5.41, 5.74) is 1.43. The van der Waals surface area contributed by atoms with Crippen LogP contribution in [0.2, 0.25) is 5.02 Å². The number of hydrogen-bond donors (Lipinski definition) is 1. The van der Waals surface area contributed by atoms with Crippen molar-refractivity contribution in [1.82, 2.24) is 14.9 Å². The number of carbonyl (C=O) groups excluding carboxylic acids is 1. The molecule has 0 spiro atoms. The normalized spacial score (nSPS) is 10.8. The number of aryl methyl sites for hydroxylation is 1. The van der Waals surface area contributed by atoms with E-state index in [1.807, 2.05) is 18.4 Å². The molecule has 0 aliphatic carbocycles. The molecule has 0 aliphatic rings. The molecule has 25 heavy (non-hydrogen) atoms. The minimum atomic E-state index is -0.245. The van der Waals surface area contributed by atoms with E-state index < -0.39 is 0 Å². The quantitative estimate of drug-likeness (QED) is 0.741. The van der Waals surface area contributed by atoms with Gasteiger partial charge in [-0.1, -0.05) is 17.7 Å². The summed E-state index contributed by atoms with van der Waals surface area (Å²) < 4.78 is 6.08. The molecule has 3 rings (SSSR count). The maximum Gasteiger partial charge on any atom is 0.268 e. The van der Waals surface area contributed by atoms with Crippen LogP contribution in [0.15, 0.2) is 34.4 Å². The van der Waals surface area contributed by atoms with Gasteiger partial charge in [0.25, 0.3) is 11.5 Å². The first kappa shape index (κ1) is 17.4. The van der Waals surface area contributed by atoms with E-state index in [9.17, 15) is 9.59 Å². The zero-order chi connectivity index (χ0) is 18.0. The fourth-order valence-electron chi connectivity index (χ4n) is 2.28. The lowest BCUT2D eigenvalue weighted by atomic mass is 10.2. The lowest BCUT2D eigenvalue weighted by Gasteiger charge is -2.17. The van der Waals surface area contributed by atoms with Crippen LogP contribution in [0.4, 0.5) is 0 Å². The van der Waals surface area contributed by atoms with Gasteiger partial charge in [-0.05, 0) is 36.1 Å². The summed E-state index contributed by atoms with van der Waals surface area (Å²) in [7, 11) is 1.63. The first-order chi connectivity index (χ1) is 11.9. The Morgan fingerprint density at radius 1 is 1.40 bits per heavy atom. The molecule has 130 valence electrons. The van der Waals surface area contributed by atoms with Crippen molar-refractivity contribution in [3.05, 3.63) is 56.4 Å². The van der Waals surface area contributed by atoms with Crippen molar-refractivity contribution in [3.8, 4) is 5.75 Å². The van der Waals surface area contributed by atoms with Gasteiger partial charge in [0, 0.05) is 7.05 Å². The van der Waals surface area contributed by atoms with Gasteiger partial charge in [-0.15, -0.1) is 11.3 Å². The molecule has 8 heteroatoms. The number of H-pyrrole nitrogens is 1. The number of halogens is 1. The Morgan fingerprint density at radius 2 is 2.20 bits per heavy atom. The summed E-state index contributed by atoms with van der Waals surface area (Å²) in [5.74, 6) is 0.653. The van der Waals surface area contributed by atoms with Gasteiger partial charge < -0.3 is 14.6 Å². The van der Waals surface area contributed by atoms with E-state index in [0.29, 0.717) is 26.8 Å². The summed E-state index contributed by atoms with van der Waals surface area (Å²) in [6.45, 7) is 1.95. The fourth-order valence-corrected chi connectivity index (χ4v) is 3.18. The number of benzene rings is 1. The third-order valence-corrected chi connectivity index (χ3v) is 4.83. The largest absolute Gasteiger partial charge is 0.482 e. The number of fused-ring (bicyclic) bond motifs is 1. The maximum atomic E-state index is 12.3. The van der Waals surface area contributed by atoms with Crippen LogP contribution in [0.1, 0.15) is 11.4 Å². The number of carbonyl (C=O) groups is 1. The number of thiophene rings is 1. The second kappa shape index (κ2) is 7.25. The summed E-state index contributed by atoms with van der Waals surface area (Å²) in [6.07, 6.45) is 0. The molecule has 0 bridgehead atoms. The Hall–Kier alpha value is -2.38. The van der Waals surface area contributed by atoms with E-state index in [1.54, 1.807) is 25.2 Å². The average Bonchev–Trinajstić information content (AvgIpc) is 3.04. The standard InChI is InChI=1S/C17H16ClN3O3S/c1-10-3-4-11(18)13(7-10)24-9-15(22)21(2)8-14-19-12-5-6-25-16(12)17(23)20-14/h3-7H,8-9H2,1-2H3,(H,19,20,23). The summed E-state index contributed by atoms with van der Waals surface area (Å²) in [5, 5.41) is 2.26. The summed E-state index contributed by atoms with van der Waals surface area (Å²) >= 11 is 7.39. The first-order valence-electron chi connectivity index (χ1n) is 7.53. The first-order valence-corrected chi connectivity index (χ1v) is 8.79. The van der Waals surface area contributed by atoms with Gasteiger partial charge in [-0.25, -0.2) is 4.98 Å². The Kier molecular flexibility index (Phi) is 5.06. The second-order valence-electron chi connectivity index (χ2n) is 5.62. The number of nitrogens with one attached hydrogen (secondary N) is 1. The van der Waals surface area contributed by atoms with E-state index in [-0.39, 0.29) is 24.6 Å². The molecule has 1 amide bonds. The Bertz CT molecular complexity index is 983. The third-order valence-electron chi connectivity index (χ3n) is 3.61. The number of nitrogens with zero attached hydrogens (tertiary/aromatic N) is 2. The van der Waals surface area contributed by atoms with Gasteiger partial charge in [-0.2, -0.15) is 0 Å². The van der Waals surface area contributed by atoms with Crippen molar-refractivity contribution in [3.63, 3.8) is 0 Å². The molecule has 0 radical (unpaired) electrons. The lowest BCUT2D eigenvalue weighted by Crippen LogP contribution is -2.32. The smallest absolute Gasteiger partial charge is 0.268 e. The van der Waals surface area contributed by atoms with E-state index in [0.717, 1.165) is 5.56 Å². The molecule has 0 atom stereocenters. The number of hydrogen-bond acceptors (Lipinski definition) is 5. The summed E-state index contributed by atoms with van der Waals surface area (Å²) in [6, 6.07) is 7.15.